The number of fused-ring (bicyclic) bond motifs is 1. The Morgan fingerprint density at radius 2 is 1.73 bits per heavy atom. The van der Waals surface area contributed by atoms with Crippen molar-refractivity contribution in [2.24, 2.45) is 0 Å². The van der Waals surface area contributed by atoms with Gasteiger partial charge in [0.25, 0.3) is 0 Å². The smallest absolute Gasteiger partial charge is 0.195 e. The van der Waals surface area contributed by atoms with Crippen LogP contribution >= 0.6 is 11.8 Å². The lowest BCUT2D eigenvalue weighted by Gasteiger charge is -2.10. The average molecular weight is 363 g/mol. The topological polar surface area (TPSA) is 119 Å². The normalized spacial score (nSPS) is 11.0. The van der Waals surface area contributed by atoms with Crippen LogP contribution < -0.4 is 16.8 Å². The van der Waals surface area contributed by atoms with Crippen LogP contribution in [0.2, 0.25) is 0 Å². The van der Waals surface area contributed by atoms with E-state index in [2.05, 4.69) is 25.5 Å². The Hall–Kier alpha value is -3.26. The zero-order chi connectivity index (χ0) is 18.1. The third-order valence-corrected chi connectivity index (χ3v) is 4.62. The van der Waals surface area contributed by atoms with Crippen molar-refractivity contribution in [1.29, 1.82) is 0 Å². The second kappa shape index (κ2) is 6.57. The van der Waals surface area contributed by atoms with Gasteiger partial charge in [-0.1, -0.05) is 0 Å². The van der Waals surface area contributed by atoms with E-state index in [9.17, 15) is 0 Å². The Balaban J connectivity index is 1.76. The summed E-state index contributed by atoms with van der Waals surface area (Å²) in [5, 5.41) is 11.9. The fourth-order valence-electron chi connectivity index (χ4n) is 2.51. The summed E-state index contributed by atoms with van der Waals surface area (Å²) in [6.45, 7) is 1.94. The Morgan fingerprint density at radius 1 is 0.962 bits per heavy atom. The summed E-state index contributed by atoms with van der Waals surface area (Å²) in [6, 6.07) is 15.1. The number of H-pyrrole nitrogens is 1. The Bertz CT molecular complexity index is 1070. The third-order valence-electron chi connectivity index (χ3n) is 3.74. The van der Waals surface area contributed by atoms with Crippen molar-refractivity contribution in [3.8, 4) is 0 Å². The first-order chi connectivity index (χ1) is 12.6. The molecule has 8 heteroatoms. The molecular formula is C18H17N7S. The molecule has 4 rings (SSSR count). The lowest BCUT2D eigenvalue weighted by Crippen LogP contribution is -1.99. The lowest BCUT2D eigenvalue weighted by molar-refractivity contribution is 1.00. The molecule has 0 bridgehead atoms. The molecule has 4 aromatic rings. The predicted octanol–water partition coefficient (Wildman–Crippen LogP) is 3.72. The van der Waals surface area contributed by atoms with E-state index in [1.807, 2.05) is 55.5 Å². The van der Waals surface area contributed by atoms with Gasteiger partial charge in [0.05, 0.1) is 5.52 Å². The summed E-state index contributed by atoms with van der Waals surface area (Å²) >= 11 is 1.46. The van der Waals surface area contributed by atoms with Crippen molar-refractivity contribution < 1.29 is 0 Å². The SMILES string of the molecule is Cc1cc(Nc2nc(Sc3ccc(N)cc3)nc3cc(N)ccc23)n[nH]1. The molecule has 2 aromatic carbocycles. The number of aromatic amines is 1. The Labute approximate surface area is 154 Å². The van der Waals surface area contributed by atoms with Crippen molar-refractivity contribution in [1.82, 2.24) is 20.2 Å². The standard InChI is InChI=1S/C18H17N7S/c1-10-8-16(25-24-10)22-17-14-7-4-12(20)9-15(14)21-18(23-17)26-13-5-2-11(19)3-6-13/h2-9H,19-20H2,1H3,(H2,21,22,23,24,25). The maximum Gasteiger partial charge on any atom is 0.195 e. The molecule has 0 atom stereocenters. The van der Waals surface area contributed by atoms with Crippen molar-refractivity contribution >= 4 is 45.7 Å². The van der Waals surface area contributed by atoms with Crippen molar-refractivity contribution in [3.63, 3.8) is 0 Å². The number of benzene rings is 2. The first kappa shape index (κ1) is 16.2. The highest BCUT2D eigenvalue weighted by Gasteiger charge is 2.11. The van der Waals surface area contributed by atoms with Crippen molar-refractivity contribution in [2.75, 3.05) is 16.8 Å². The number of hydrogen-bond donors (Lipinski definition) is 4. The molecule has 2 heterocycles. The molecule has 0 saturated heterocycles. The number of hydrogen-bond acceptors (Lipinski definition) is 7. The second-order valence-corrected chi connectivity index (χ2v) is 6.90. The number of aryl methyl sites for hydroxylation is 1. The molecule has 130 valence electrons. The molecule has 0 aliphatic carbocycles. The van der Waals surface area contributed by atoms with Gasteiger partial charge >= 0.3 is 0 Å². The Kier molecular flexibility index (Phi) is 4.10. The minimum Gasteiger partial charge on any atom is -0.399 e. The van der Waals surface area contributed by atoms with Crippen LogP contribution in [0.25, 0.3) is 10.9 Å². The zero-order valence-corrected chi connectivity index (χ0v) is 14.8. The van der Waals surface area contributed by atoms with Gasteiger partial charge in [-0.05, 0) is 61.2 Å². The van der Waals surface area contributed by atoms with Crippen molar-refractivity contribution in [3.05, 3.63) is 54.2 Å². The highest BCUT2D eigenvalue weighted by Crippen LogP contribution is 2.31. The van der Waals surface area contributed by atoms with E-state index in [1.165, 1.54) is 11.8 Å². The molecule has 0 aliphatic heterocycles. The monoisotopic (exact) mass is 363 g/mol. The minimum atomic E-state index is 0.614. The second-order valence-electron chi connectivity index (χ2n) is 5.86. The van der Waals surface area contributed by atoms with Gasteiger partial charge in [-0.2, -0.15) is 5.10 Å². The summed E-state index contributed by atoms with van der Waals surface area (Å²) < 4.78 is 0. The number of aromatic nitrogens is 4. The van der Waals surface area contributed by atoms with Crippen LogP contribution in [0.15, 0.2) is 58.6 Å². The molecule has 0 aliphatic rings. The largest absolute Gasteiger partial charge is 0.399 e. The number of nitrogens with two attached hydrogens (primary N) is 2. The van der Waals surface area contributed by atoms with Crippen molar-refractivity contribution in [2.45, 2.75) is 17.0 Å². The van der Waals surface area contributed by atoms with Crippen LogP contribution in [0, 0.1) is 6.92 Å². The van der Waals surface area contributed by atoms with Gasteiger partial charge in [-0.25, -0.2) is 9.97 Å². The van der Waals surface area contributed by atoms with Gasteiger partial charge in [0.15, 0.2) is 11.0 Å². The summed E-state index contributed by atoms with van der Waals surface area (Å²) in [6.07, 6.45) is 0. The molecule has 26 heavy (non-hydrogen) atoms. The summed E-state index contributed by atoms with van der Waals surface area (Å²) in [5.74, 6) is 1.38. The highest BCUT2D eigenvalue weighted by molar-refractivity contribution is 7.99. The van der Waals surface area contributed by atoms with E-state index >= 15 is 0 Å². The molecule has 0 fully saturated rings. The van der Waals surface area contributed by atoms with Gasteiger partial charge < -0.3 is 16.8 Å². The van der Waals surface area contributed by atoms with Gasteiger partial charge in [-0.3, -0.25) is 5.10 Å². The van der Waals surface area contributed by atoms with E-state index in [4.69, 9.17) is 11.5 Å². The first-order valence-corrected chi connectivity index (χ1v) is 8.78. The fraction of sp³-hybridized carbons (Fsp3) is 0.0556. The summed E-state index contributed by atoms with van der Waals surface area (Å²) in [5.41, 5.74) is 14.8. The summed E-state index contributed by atoms with van der Waals surface area (Å²) in [7, 11) is 0. The zero-order valence-electron chi connectivity index (χ0n) is 14.0. The van der Waals surface area contributed by atoms with Gasteiger partial charge in [-0.15, -0.1) is 0 Å². The molecule has 0 spiro atoms. The van der Waals surface area contributed by atoms with E-state index < -0.39 is 0 Å². The number of anilines is 4. The van der Waals surface area contributed by atoms with Crippen LogP contribution in [0.1, 0.15) is 5.69 Å². The van der Waals surface area contributed by atoms with Crippen LogP contribution in [-0.2, 0) is 0 Å². The van der Waals surface area contributed by atoms with E-state index in [-0.39, 0.29) is 0 Å². The van der Waals surface area contributed by atoms with E-state index in [1.54, 1.807) is 0 Å². The maximum atomic E-state index is 5.93. The number of nitrogen functional groups attached to an aromatic ring is 2. The summed E-state index contributed by atoms with van der Waals surface area (Å²) in [4.78, 5) is 10.3. The van der Waals surface area contributed by atoms with E-state index in [0.29, 0.717) is 22.5 Å². The number of rotatable bonds is 4. The number of nitrogens with one attached hydrogen (secondary N) is 2. The quantitative estimate of drug-likeness (QED) is 0.322. The number of nitrogens with zero attached hydrogens (tertiary/aromatic N) is 3. The van der Waals surface area contributed by atoms with Crippen LogP contribution in [0.3, 0.4) is 0 Å². The van der Waals surface area contributed by atoms with Crippen LogP contribution in [0.4, 0.5) is 23.0 Å². The van der Waals surface area contributed by atoms with Gasteiger partial charge in [0, 0.05) is 33.4 Å². The fourth-order valence-corrected chi connectivity index (χ4v) is 3.27. The molecule has 6 N–H and O–H groups in total. The van der Waals surface area contributed by atoms with E-state index in [0.717, 1.165) is 27.2 Å². The van der Waals surface area contributed by atoms with Gasteiger partial charge in [0.2, 0.25) is 0 Å². The highest BCUT2D eigenvalue weighted by atomic mass is 32.2. The average Bonchev–Trinajstić information content (AvgIpc) is 3.01. The van der Waals surface area contributed by atoms with Crippen LogP contribution in [-0.4, -0.2) is 20.2 Å². The molecule has 2 aromatic heterocycles. The maximum absolute atomic E-state index is 5.93. The minimum absolute atomic E-state index is 0.614. The molecule has 0 unspecified atom stereocenters. The molecule has 0 saturated carbocycles. The third kappa shape index (κ3) is 3.40. The molecule has 0 amide bonds. The Morgan fingerprint density at radius 3 is 2.46 bits per heavy atom. The predicted molar refractivity (Wildman–Crippen MR) is 106 cm³/mol. The molecular weight excluding hydrogens is 346 g/mol. The first-order valence-electron chi connectivity index (χ1n) is 7.96. The molecule has 7 nitrogen and oxygen atoms in total. The van der Waals surface area contributed by atoms with Gasteiger partial charge in [0.1, 0.15) is 5.82 Å². The lowest BCUT2D eigenvalue weighted by atomic mass is 10.2. The molecule has 0 radical (unpaired) electrons. The van der Waals surface area contributed by atoms with Crippen LogP contribution in [0.5, 0.6) is 0 Å².